The van der Waals surface area contributed by atoms with Gasteiger partial charge in [-0.05, 0) is 53.2 Å². The largest absolute Gasteiger partial charge is 0.339 e. The van der Waals surface area contributed by atoms with Gasteiger partial charge in [0.25, 0.3) is 5.91 Å². The summed E-state index contributed by atoms with van der Waals surface area (Å²) in [4.78, 5) is 22.5. The lowest BCUT2D eigenvalue weighted by molar-refractivity contribution is 0.0742. The lowest BCUT2D eigenvalue weighted by Crippen LogP contribution is -2.34. The molecular weight excluding hydrogens is 356 g/mol. The van der Waals surface area contributed by atoms with Gasteiger partial charge in [0.05, 0.1) is 22.8 Å². The Hall–Kier alpha value is -2.21. The SMILES string of the molecule is CCC(C)N(C)C(=O)c1cc(-c2cc(C)sc2C)nc2c1cnn2C(C)C. The third kappa shape index (κ3) is 3.50. The average molecular weight is 385 g/mol. The van der Waals surface area contributed by atoms with Gasteiger partial charge < -0.3 is 4.90 Å². The quantitative estimate of drug-likeness (QED) is 0.605. The van der Waals surface area contributed by atoms with Crippen LogP contribution in [0.15, 0.2) is 18.3 Å². The Balaban J connectivity index is 2.25. The van der Waals surface area contributed by atoms with E-state index in [-0.39, 0.29) is 18.0 Å². The number of fused-ring (bicyclic) bond motifs is 1. The summed E-state index contributed by atoms with van der Waals surface area (Å²) in [5, 5.41) is 5.33. The van der Waals surface area contributed by atoms with E-state index in [1.807, 2.05) is 22.7 Å². The van der Waals surface area contributed by atoms with Crippen LogP contribution in [-0.2, 0) is 0 Å². The minimum atomic E-state index is 0.0194. The molecule has 1 unspecified atom stereocenters. The number of hydrogen-bond donors (Lipinski definition) is 0. The lowest BCUT2D eigenvalue weighted by atomic mass is 10.1. The Morgan fingerprint density at radius 1 is 1.26 bits per heavy atom. The number of hydrogen-bond acceptors (Lipinski definition) is 4. The number of amides is 1. The molecule has 0 aliphatic rings. The highest BCUT2D eigenvalue weighted by molar-refractivity contribution is 7.12. The van der Waals surface area contributed by atoms with Crippen molar-refractivity contribution in [2.75, 3.05) is 7.05 Å². The lowest BCUT2D eigenvalue weighted by Gasteiger charge is -2.24. The molecule has 27 heavy (non-hydrogen) atoms. The molecule has 5 nitrogen and oxygen atoms in total. The van der Waals surface area contributed by atoms with Gasteiger partial charge in [-0.3, -0.25) is 4.79 Å². The number of aromatic nitrogens is 3. The molecule has 0 fully saturated rings. The van der Waals surface area contributed by atoms with Crippen LogP contribution in [0.1, 0.15) is 60.3 Å². The number of pyridine rings is 1. The molecule has 0 spiro atoms. The number of thiophene rings is 1. The van der Waals surface area contributed by atoms with Crippen molar-refractivity contribution in [3.8, 4) is 11.3 Å². The van der Waals surface area contributed by atoms with Gasteiger partial charge in [-0.2, -0.15) is 5.10 Å². The van der Waals surface area contributed by atoms with E-state index in [2.05, 4.69) is 52.7 Å². The van der Waals surface area contributed by atoms with Gasteiger partial charge in [-0.25, -0.2) is 9.67 Å². The topological polar surface area (TPSA) is 51.0 Å². The van der Waals surface area contributed by atoms with Crippen molar-refractivity contribution >= 4 is 28.3 Å². The maximum atomic E-state index is 13.3. The van der Waals surface area contributed by atoms with Crippen LogP contribution in [0.3, 0.4) is 0 Å². The van der Waals surface area contributed by atoms with Gasteiger partial charge in [0.15, 0.2) is 5.65 Å². The van der Waals surface area contributed by atoms with Crippen molar-refractivity contribution in [1.82, 2.24) is 19.7 Å². The first-order chi connectivity index (χ1) is 12.7. The van der Waals surface area contributed by atoms with Crippen LogP contribution in [0, 0.1) is 13.8 Å². The Bertz CT molecular complexity index is 986. The van der Waals surface area contributed by atoms with Gasteiger partial charge in [0, 0.05) is 34.4 Å². The first-order valence-corrected chi connectivity index (χ1v) is 10.3. The fraction of sp³-hybridized carbons (Fsp3) is 0.476. The molecule has 0 aliphatic carbocycles. The number of aryl methyl sites for hydroxylation is 2. The molecule has 6 heteroatoms. The summed E-state index contributed by atoms with van der Waals surface area (Å²) < 4.78 is 1.90. The fourth-order valence-corrected chi connectivity index (χ4v) is 4.19. The second kappa shape index (κ2) is 7.43. The van der Waals surface area contributed by atoms with Crippen LogP contribution < -0.4 is 0 Å². The van der Waals surface area contributed by atoms with E-state index in [0.29, 0.717) is 5.56 Å². The highest BCUT2D eigenvalue weighted by Gasteiger charge is 2.23. The second-order valence-corrected chi connectivity index (χ2v) is 8.94. The highest BCUT2D eigenvalue weighted by atomic mass is 32.1. The summed E-state index contributed by atoms with van der Waals surface area (Å²) >= 11 is 1.75. The highest BCUT2D eigenvalue weighted by Crippen LogP contribution is 2.33. The van der Waals surface area contributed by atoms with Crippen LogP contribution in [0.4, 0.5) is 0 Å². The van der Waals surface area contributed by atoms with E-state index >= 15 is 0 Å². The molecule has 1 atom stereocenters. The predicted molar refractivity (Wildman–Crippen MR) is 113 cm³/mol. The number of nitrogens with zero attached hydrogens (tertiary/aromatic N) is 4. The maximum absolute atomic E-state index is 13.3. The van der Waals surface area contributed by atoms with Crippen molar-refractivity contribution in [2.45, 2.75) is 60.0 Å². The van der Waals surface area contributed by atoms with Gasteiger partial charge >= 0.3 is 0 Å². The molecule has 3 rings (SSSR count). The van der Waals surface area contributed by atoms with Gasteiger partial charge in [-0.15, -0.1) is 11.3 Å². The van der Waals surface area contributed by atoms with Crippen LogP contribution >= 0.6 is 11.3 Å². The zero-order valence-corrected chi connectivity index (χ0v) is 18.0. The third-order valence-corrected chi connectivity index (χ3v) is 6.14. The van der Waals surface area contributed by atoms with E-state index in [1.54, 1.807) is 17.5 Å². The van der Waals surface area contributed by atoms with Crippen molar-refractivity contribution in [1.29, 1.82) is 0 Å². The van der Waals surface area contributed by atoms with E-state index in [0.717, 1.165) is 28.7 Å². The molecular formula is C21H28N4OS. The maximum Gasteiger partial charge on any atom is 0.254 e. The molecule has 0 saturated heterocycles. The average Bonchev–Trinajstić information content (AvgIpc) is 3.21. The Kier molecular flexibility index (Phi) is 5.38. The van der Waals surface area contributed by atoms with Crippen LogP contribution in [0.2, 0.25) is 0 Å². The molecule has 1 amide bonds. The molecule has 3 aromatic rings. The number of rotatable bonds is 5. The van der Waals surface area contributed by atoms with Crippen molar-refractivity contribution in [3.05, 3.63) is 33.6 Å². The molecule has 144 valence electrons. The number of carbonyl (C=O) groups is 1. The first kappa shape index (κ1) is 19.5. The summed E-state index contributed by atoms with van der Waals surface area (Å²) in [6.45, 7) is 12.5. The molecule has 0 saturated carbocycles. The van der Waals surface area contributed by atoms with Gasteiger partial charge in [-0.1, -0.05) is 6.92 Å². The standard InChI is InChI=1S/C21H28N4OS/c1-8-13(4)24(7)21(26)17-10-19(16-9-14(5)27-15(16)6)23-20-18(17)11-22-25(20)12(2)3/h9-13H,8H2,1-7H3. The molecule has 0 aliphatic heterocycles. The Morgan fingerprint density at radius 3 is 2.52 bits per heavy atom. The summed E-state index contributed by atoms with van der Waals surface area (Å²) in [6, 6.07) is 4.43. The van der Waals surface area contributed by atoms with Crippen LogP contribution in [0.5, 0.6) is 0 Å². The normalized spacial score (nSPS) is 12.7. The van der Waals surface area contributed by atoms with E-state index in [9.17, 15) is 4.79 Å². The molecule has 0 N–H and O–H groups in total. The molecule has 0 radical (unpaired) electrons. The van der Waals surface area contributed by atoms with E-state index < -0.39 is 0 Å². The van der Waals surface area contributed by atoms with Crippen molar-refractivity contribution in [3.63, 3.8) is 0 Å². The zero-order valence-electron chi connectivity index (χ0n) is 17.2. The summed E-state index contributed by atoms with van der Waals surface area (Å²) in [7, 11) is 1.87. The van der Waals surface area contributed by atoms with E-state index in [1.165, 1.54) is 9.75 Å². The van der Waals surface area contributed by atoms with Crippen LogP contribution in [0.25, 0.3) is 22.3 Å². The van der Waals surface area contributed by atoms with Gasteiger partial charge in [0.1, 0.15) is 0 Å². The number of carbonyl (C=O) groups excluding carboxylic acids is 1. The Morgan fingerprint density at radius 2 is 1.96 bits per heavy atom. The summed E-state index contributed by atoms with van der Waals surface area (Å²) in [6.07, 6.45) is 2.69. The minimum Gasteiger partial charge on any atom is -0.339 e. The molecule has 3 heterocycles. The van der Waals surface area contributed by atoms with Crippen LogP contribution in [-0.4, -0.2) is 38.7 Å². The van der Waals surface area contributed by atoms with Crippen molar-refractivity contribution < 1.29 is 4.79 Å². The minimum absolute atomic E-state index is 0.0194. The van der Waals surface area contributed by atoms with Crippen molar-refractivity contribution in [2.24, 2.45) is 0 Å². The zero-order chi connectivity index (χ0) is 19.9. The smallest absolute Gasteiger partial charge is 0.254 e. The second-order valence-electron chi connectivity index (χ2n) is 7.48. The predicted octanol–water partition coefficient (Wildman–Crippen LogP) is 5.23. The third-order valence-electron chi connectivity index (χ3n) is 5.18. The molecule has 0 bridgehead atoms. The van der Waals surface area contributed by atoms with Gasteiger partial charge in [0.2, 0.25) is 0 Å². The Labute approximate surface area is 165 Å². The summed E-state index contributed by atoms with van der Waals surface area (Å²) in [5.41, 5.74) is 3.38. The molecule has 3 aromatic heterocycles. The molecule has 0 aromatic carbocycles. The van der Waals surface area contributed by atoms with E-state index in [4.69, 9.17) is 4.98 Å². The first-order valence-electron chi connectivity index (χ1n) is 9.47. The fourth-order valence-electron chi connectivity index (χ4n) is 3.26. The monoisotopic (exact) mass is 384 g/mol. The summed E-state index contributed by atoms with van der Waals surface area (Å²) in [5.74, 6) is 0.0194.